The Morgan fingerprint density at radius 2 is 1.88 bits per heavy atom. The van der Waals surface area contributed by atoms with Crippen molar-refractivity contribution in [1.29, 1.82) is 0 Å². The summed E-state index contributed by atoms with van der Waals surface area (Å²) < 4.78 is 27.8. The lowest BCUT2D eigenvalue weighted by Crippen LogP contribution is -2.26. The fraction of sp³-hybridized carbons (Fsp3) is 0.167. The first-order valence-corrected chi connectivity index (χ1v) is 13.7. The van der Waals surface area contributed by atoms with Gasteiger partial charge in [0.05, 0.1) is 22.6 Å². The molecule has 5 rings (SSSR count). The Morgan fingerprint density at radius 1 is 1.00 bits per heavy atom. The second kappa shape index (κ2) is 9.30. The maximum absolute atomic E-state index is 13.1. The van der Waals surface area contributed by atoms with Crippen LogP contribution in [0.1, 0.15) is 10.6 Å². The van der Waals surface area contributed by atoms with E-state index in [2.05, 4.69) is 26.9 Å². The van der Waals surface area contributed by atoms with Crippen LogP contribution in [0.15, 0.2) is 76.6 Å². The molecule has 1 aromatic carbocycles. The van der Waals surface area contributed by atoms with Gasteiger partial charge in [-0.2, -0.15) is 0 Å². The van der Waals surface area contributed by atoms with Crippen LogP contribution in [-0.2, 0) is 23.1 Å². The summed E-state index contributed by atoms with van der Waals surface area (Å²) in [5.41, 5.74) is 3.26. The summed E-state index contributed by atoms with van der Waals surface area (Å²) in [5, 5.41) is 3.57. The third-order valence-corrected chi connectivity index (χ3v) is 9.61. The minimum absolute atomic E-state index is 0.318. The number of nitrogens with zero attached hydrogens (tertiary/aromatic N) is 4. The van der Waals surface area contributed by atoms with Crippen molar-refractivity contribution in [3.05, 3.63) is 82.9 Å². The van der Waals surface area contributed by atoms with Crippen molar-refractivity contribution in [3.8, 4) is 10.7 Å². The molecule has 1 N–H and O–H groups in total. The van der Waals surface area contributed by atoms with Gasteiger partial charge in [0, 0.05) is 42.8 Å². The summed E-state index contributed by atoms with van der Waals surface area (Å²) in [6.45, 7) is 1.52. The molecule has 0 unspecified atom stereocenters. The molecule has 0 bridgehead atoms. The maximum atomic E-state index is 13.1. The third kappa shape index (κ3) is 4.49. The minimum atomic E-state index is -3.62. The van der Waals surface area contributed by atoms with E-state index in [4.69, 9.17) is 0 Å². The second-order valence-electron chi connectivity index (χ2n) is 7.95. The van der Waals surface area contributed by atoms with Crippen molar-refractivity contribution in [2.45, 2.75) is 17.3 Å². The number of H-pyrrole nitrogens is 1. The smallest absolute Gasteiger partial charge is 0.273 e. The largest absolute Gasteiger partial charge is 0.351 e. The Bertz CT molecular complexity index is 1510. The fourth-order valence-corrected chi connectivity index (χ4v) is 7.12. The monoisotopic (exact) mass is 509 g/mol. The highest BCUT2D eigenvalue weighted by molar-refractivity contribution is 7.94. The Kier molecular flexibility index (Phi) is 6.22. The number of rotatable bonds is 8. The first-order chi connectivity index (χ1) is 16.4. The van der Waals surface area contributed by atoms with Crippen LogP contribution < -0.4 is 4.31 Å². The molecule has 0 saturated carbocycles. The van der Waals surface area contributed by atoms with E-state index in [0.717, 1.165) is 45.3 Å². The first-order valence-electron chi connectivity index (χ1n) is 10.6. The summed E-state index contributed by atoms with van der Waals surface area (Å²) in [6, 6.07) is 17.0. The van der Waals surface area contributed by atoms with Crippen molar-refractivity contribution >= 4 is 49.3 Å². The van der Waals surface area contributed by atoms with Crippen molar-refractivity contribution < 1.29 is 8.42 Å². The van der Waals surface area contributed by atoms with Crippen LogP contribution in [0.5, 0.6) is 0 Å². The Morgan fingerprint density at radius 3 is 2.65 bits per heavy atom. The van der Waals surface area contributed by atoms with Crippen LogP contribution in [-0.4, -0.2) is 42.4 Å². The maximum Gasteiger partial charge on any atom is 0.273 e. The van der Waals surface area contributed by atoms with Crippen molar-refractivity contribution in [1.82, 2.24) is 19.9 Å². The number of nitrogens with one attached hydrogen (secondary N) is 1. The predicted molar refractivity (Wildman–Crippen MR) is 139 cm³/mol. The number of hydrogen-bond donors (Lipinski definition) is 1. The number of pyridine rings is 1. The van der Waals surface area contributed by atoms with E-state index >= 15 is 0 Å². The number of fused-ring (bicyclic) bond motifs is 1. The molecule has 5 aromatic rings. The van der Waals surface area contributed by atoms with Gasteiger partial charge >= 0.3 is 0 Å². The van der Waals surface area contributed by atoms with E-state index < -0.39 is 10.0 Å². The molecule has 4 heterocycles. The Labute approximate surface area is 206 Å². The summed E-state index contributed by atoms with van der Waals surface area (Å²) in [7, 11) is 0.0267. The number of hydrogen-bond acceptors (Lipinski definition) is 7. The molecule has 34 heavy (non-hydrogen) atoms. The number of thiazole rings is 1. The molecule has 0 aliphatic rings. The zero-order valence-corrected chi connectivity index (χ0v) is 21.1. The molecule has 0 saturated heterocycles. The van der Waals surface area contributed by atoms with E-state index in [9.17, 15) is 8.42 Å². The van der Waals surface area contributed by atoms with E-state index in [1.54, 1.807) is 42.1 Å². The van der Waals surface area contributed by atoms with Gasteiger partial charge in [-0.1, -0.05) is 24.3 Å². The normalized spacial score (nSPS) is 12.0. The van der Waals surface area contributed by atoms with Crippen LogP contribution in [0.2, 0.25) is 0 Å². The highest BCUT2D eigenvalue weighted by atomic mass is 32.2. The number of thiophene rings is 1. The zero-order chi connectivity index (χ0) is 23.7. The van der Waals surface area contributed by atoms with E-state index in [0.29, 0.717) is 9.90 Å². The highest BCUT2D eigenvalue weighted by Crippen LogP contribution is 2.34. The van der Waals surface area contributed by atoms with Gasteiger partial charge in [-0.25, -0.2) is 13.4 Å². The zero-order valence-electron chi connectivity index (χ0n) is 18.7. The topological polar surface area (TPSA) is 82.2 Å². The molecular weight excluding hydrogens is 486 g/mol. The number of aromatic nitrogens is 3. The van der Waals surface area contributed by atoms with Gasteiger partial charge in [0.15, 0.2) is 0 Å². The summed E-state index contributed by atoms with van der Waals surface area (Å²) in [4.78, 5) is 15.8. The number of anilines is 1. The van der Waals surface area contributed by atoms with Gasteiger partial charge in [0.25, 0.3) is 10.0 Å². The molecule has 0 fully saturated rings. The third-order valence-electron chi connectivity index (χ3n) is 5.45. The minimum Gasteiger partial charge on any atom is -0.351 e. The Hall–Kier alpha value is -3.05. The average molecular weight is 510 g/mol. The molecule has 0 spiro atoms. The molecule has 0 aliphatic heterocycles. The fourth-order valence-electron chi connectivity index (χ4n) is 3.79. The van der Waals surface area contributed by atoms with Crippen molar-refractivity contribution in [2.24, 2.45) is 0 Å². The van der Waals surface area contributed by atoms with Crippen LogP contribution in [0.3, 0.4) is 0 Å². The standard InChI is InChI=1S/C24H23N5O2S3/c1-28(15-18-8-3-4-11-25-18)16-19-14-26-24(33-19)20-13-17-7-5-9-21(23(17)27-20)29(2)34(30,31)22-10-6-12-32-22/h3-14,27H,15-16H2,1-2H3. The lowest BCUT2D eigenvalue weighted by atomic mass is 10.2. The molecule has 7 nitrogen and oxygen atoms in total. The molecule has 0 aliphatic carbocycles. The van der Waals surface area contributed by atoms with Gasteiger partial charge < -0.3 is 4.98 Å². The quantitative estimate of drug-likeness (QED) is 0.311. The van der Waals surface area contributed by atoms with E-state index in [1.165, 1.54) is 15.6 Å². The molecular formula is C24H23N5O2S3. The second-order valence-corrected chi connectivity index (χ2v) is 12.2. The SMILES string of the molecule is CN(Cc1ccccn1)Cc1cnc(-c2cc3cccc(N(C)S(=O)(=O)c4cccs4)c3[nH]2)s1. The van der Waals surface area contributed by atoms with Crippen LogP contribution in [0.4, 0.5) is 5.69 Å². The van der Waals surface area contributed by atoms with Crippen LogP contribution in [0.25, 0.3) is 21.6 Å². The van der Waals surface area contributed by atoms with Gasteiger partial charge in [0.1, 0.15) is 9.22 Å². The van der Waals surface area contributed by atoms with Crippen LogP contribution in [0, 0.1) is 0 Å². The highest BCUT2D eigenvalue weighted by Gasteiger charge is 2.24. The van der Waals surface area contributed by atoms with E-state index in [1.807, 2.05) is 48.7 Å². The lowest BCUT2D eigenvalue weighted by Gasteiger charge is -2.19. The number of benzene rings is 1. The molecule has 0 amide bonds. The number of para-hydroxylation sites is 1. The van der Waals surface area contributed by atoms with Gasteiger partial charge in [-0.15, -0.1) is 22.7 Å². The Balaban J connectivity index is 1.39. The lowest BCUT2D eigenvalue weighted by molar-refractivity contribution is 0.318. The summed E-state index contributed by atoms with van der Waals surface area (Å²) in [5.74, 6) is 0. The molecule has 0 radical (unpaired) electrons. The van der Waals surface area contributed by atoms with Crippen molar-refractivity contribution in [2.75, 3.05) is 18.4 Å². The molecule has 0 atom stereocenters. The first kappa shape index (κ1) is 22.7. The molecule has 4 aromatic heterocycles. The predicted octanol–water partition coefficient (Wildman–Crippen LogP) is 5.21. The molecule has 174 valence electrons. The van der Waals surface area contributed by atoms with Gasteiger partial charge in [0.2, 0.25) is 0 Å². The summed E-state index contributed by atoms with van der Waals surface area (Å²) in [6.07, 6.45) is 3.70. The number of sulfonamides is 1. The molecule has 10 heteroatoms. The van der Waals surface area contributed by atoms with Crippen LogP contribution >= 0.6 is 22.7 Å². The van der Waals surface area contributed by atoms with Crippen molar-refractivity contribution in [3.63, 3.8) is 0 Å². The summed E-state index contributed by atoms with van der Waals surface area (Å²) >= 11 is 2.84. The average Bonchev–Trinajstić information content (AvgIpc) is 3.59. The number of aromatic amines is 1. The van der Waals surface area contributed by atoms with E-state index in [-0.39, 0.29) is 0 Å². The van der Waals surface area contributed by atoms with Gasteiger partial charge in [-0.05, 0) is 42.8 Å². The van der Waals surface area contributed by atoms with Gasteiger partial charge in [-0.3, -0.25) is 14.2 Å².